The summed E-state index contributed by atoms with van der Waals surface area (Å²) in [5, 5.41) is 3.20. The summed E-state index contributed by atoms with van der Waals surface area (Å²) in [4.78, 5) is 23.7. The molecule has 0 spiro atoms. The molecule has 0 radical (unpaired) electrons. The van der Waals surface area contributed by atoms with Crippen molar-refractivity contribution in [2.75, 3.05) is 18.0 Å². The van der Waals surface area contributed by atoms with Crippen molar-refractivity contribution in [1.82, 2.24) is 19.9 Å². The third kappa shape index (κ3) is 3.78. The molecule has 7 nitrogen and oxygen atoms in total. The summed E-state index contributed by atoms with van der Waals surface area (Å²) < 4.78 is 7.56. The van der Waals surface area contributed by atoms with Crippen LogP contribution >= 0.6 is 0 Å². The molecule has 0 bridgehead atoms. The van der Waals surface area contributed by atoms with Gasteiger partial charge in [-0.2, -0.15) is 0 Å². The zero-order chi connectivity index (χ0) is 19.5. The van der Waals surface area contributed by atoms with Gasteiger partial charge in [0.05, 0.1) is 18.4 Å². The molecule has 1 aliphatic heterocycles. The lowest BCUT2D eigenvalue weighted by molar-refractivity contribution is 0.0932. The number of nitrogens with one attached hydrogen (secondary N) is 1. The molecule has 3 aromatic rings. The standard InChI is InChI=1S/C21H25N5O2/c1-15-12-19(16(2)26(15)14-18-7-4-11-28-18)20(27)24-17-6-3-10-25(13-17)21-22-8-5-9-23-21/h4-5,7-9,11-12,17H,3,6,10,13-14H2,1-2H3,(H,24,27). The van der Waals surface area contributed by atoms with E-state index in [2.05, 4.69) is 24.8 Å². The smallest absolute Gasteiger partial charge is 0.253 e. The Morgan fingerprint density at radius 2 is 2.11 bits per heavy atom. The van der Waals surface area contributed by atoms with Crippen molar-refractivity contribution in [3.8, 4) is 0 Å². The summed E-state index contributed by atoms with van der Waals surface area (Å²) in [5.41, 5.74) is 2.71. The second-order valence-corrected chi connectivity index (χ2v) is 7.26. The number of carbonyl (C=O) groups excluding carboxylic acids is 1. The van der Waals surface area contributed by atoms with E-state index < -0.39 is 0 Å². The van der Waals surface area contributed by atoms with Crippen LogP contribution in [0.5, 0.6) is 0 Å². The van der Waals surface area contributed by atoms with Crippen molar-refractivity contribution in [2.24, 2.45) is 0 Å². The number of amides is 1. The van der Waals surface area contributed by atoms with Crippen LogP contribution < -0.4 is 10.2 Å². The van der Waals surface area contributed by atoms with Crippen molar-refractivity contribution in [3.63, 3.8) is 0 Å². The van der Waals surface area contributed by atoms with E-state index in [0.717, 1.165) is 54.6 Å². The van der Waals surface area contributed by atoms with E-state index >= 15 is 0 Å². The van der Waals surface area contributed by atoms with Crippen LogP contribution in [0.3, 0.4) is 0 Å². The van der Waals surface area contributed by atoms with Gasteiger partial charge in [-0.05, 0) is 51.0 Å². The molecule has 1 amide bonds. The molecule has 1 saturated heterocycles. The molecule has 0 aliphatic carbocycles. The van der Waals surface area contributed by atoms with Crippen LogP contribution in [-0.4, -0.2) is 39.6 Å². The molecule has 28 heavy (non-hydrogen) atoms. The van der Waals surface area contributed by atoms with E-state index in [9.17, 15) is 4.79 Å². The van der Waals surface area contributed by atoms with Gasteiger partial charge in [0.15, 0.2) is 0 Å². The summed E-state index contributed by atoms with van der Waals surface area (Å²) in [6.07, 6.45) is 7.13. The average molecular weight is 379 g/mol. The normalized spacial score (nSPS) is 16.9. The maximum atomic E-state index is 12.9. The molecule has 146 valence electrons. The van der Waals surface area contributed by atoms with Crippen molar-refractivity contribution >= 4 is 11.9 Å². The van der Waals surface area contributed by atoms with Gasteiger partial charge in [0.1, 0.15) is 5.76 Å². The molecule has 1 fully saturated rings. The van der Waals surface area contributed by atoms with E-state index in [1.165, 1.54) is 0 Å². The first-order valence-corrected chi connectivity index (χ1v) is 9.64. The highest BCUT2D eigenvalue weighted by Crippen LogP contribution is 2.19. The van der Waals surface area contributed by atoms with Crippen molar-refractivity contribution in [2.45, 2.75) is 39.3 Å². The molecule has 7 heteroatoms. The lowest BCUT2D eigenvalue weighted by Crippen LogP contribution is -2.48. The molecule has 3 aromatic heterocycles. The number of carbonyl (C=O) groups is 1. The Hall–Kier alpha value is -3.09. The van der Waals surface area contributed by atoms with Crippen LogP contribution in [0.15, 0.2) is 47.3 Å². The highest BCUT2D eigenvalue weighted by atomic mass is 16.3. The lowest BCUT2D eigenvalue weighted by atomic mass is 10.1. The van der Waals surface area contributed by atoms with Gasteiger partial charge in [-0.3, -0.25) is 4.79 Å². The van der Waals surface area contributed by atoms with Crippen molar-refractivity contribution in [3.05, 3.63) is 65.6 Å². The highest BCUT2D eigenvalue weighted by molar-refractivity contribution is 5.96. The predicted octanol–water partition coefficient (Wildman–Crippen LogP) is 2.94. The fraction of sp³-hybridized carbons (Fsp3) is 0.381. The number of hydrogen-bond acceptors (Lipinski definition) is 5. The fourth-order valence-corrected chi connectivity index (χ4v) is 3.83. The summed E-state index contributed by atoms with van der Waals surface area (Å²) in [5.74, 6) is 1.57. The monoisotopic (exact) mass is 379 g/mol. The minimum atomic E-state index is -0.0281. The Labute approximate surface area is 164 Å². The number of piperidine rings is 1. The third-order valence-electron chi connectivity index (χ3n) is 5.30. The average Bonchev–Trinajstić information content (AvgIpc) is 3.33. The van der Waals surface area contributed by atoms with E-state index in [4.69, 9.17) is 4.42 Å². The maximum absolute atomic E-state index is 12.9. The zero-order valence-corrected chi connectivity index (χ0v) is 16.3. The van der Waals surface area contributed by atoms with Crippen molar-refractivity contribution < 1.29 is 9.21 Å². The summed E-state index contributed by atoms with van der Waals surface area (Å²) >= 11 is 0. The molecular formula is C21H25N5O2. The molecular weight excluding hydrogens is 354 g/mol. The Bertz CT molecular complexity index is 933. The van der Waals surface area contributed by atoms with Crippen LogP contribution in [0.25, 0.3) is 0 Å². The number of aromatic nitrogens is 3. The van der Waals surface area contributed by atoms with Gasteiger partial charge < -0.3 is 19.2 Å². The second-order valence-electron chi connectivity index (χ2n) is 7.26. The molecule has 1 N–H and O–H groups in total. The van der Waals surface area contributed by atoms with Gasteiger partial charge in [0, 0.05) is 42.9 Å². The largest absolute Gasteiger partial charge is 0.467 e. The molecule has 1 aliphatic rings. The Kier molecular flexibility index (Phi) is 5.14. The number of furan rings is 1. The van der Waals surface area contributed by atoms with Crippen LogP contribution in [0.1, 0.15) is 40.3 Å². The van der Waals surface area contributed by atoms with Crippen LogP contribution in [0.4, 0.5) is 5.95 Å². The number of aryl methyl sites for hydroxylation is 1. The topological polar surface area (TPSA) is 76.2 Å². The van der Waals surface area contributed by atoms with E-state index in [1.807, 2.05) is 38.1 Å². The van der Waals surface area contributed by atoms with E-state index in [0.29, 0.717) is 6.54 Å². The molecule has 0 saturated carbocycles. The summed E-state index contributed by atoms with van der Waals surface area (Å²) in [6, 6.07) is 7.67. The van der Waals surface area contributed by atoms with Crippen molar-refractivity contribution in [1.29, 1.82) is 0 Å². The van der Waals surface area contributed by atoms with Gasteiger partial charge >= 0.3 is 0 Å². The number of anilines is 1. The molecule has 0 aromatic carbocycles. The minimum absolute atomic E-state index is 0.0281. The molecule has 1 atom stereocenters. The zero-order valence-electron chi connectivity index (χ0n) is 16.3. The predicted molar refractivity (Wildman–Crippen MR) is 106 cm³/mol. The lowest BCUT2D eigenvalue weighted by Gasteiger charge is -2.33. The maximum Gasteiger partial charge on any atom is 0.253 e. The van der Waals surface area contributed by atoms with Crippen LogP contribution in [-0.2, 0) is 6.54 Å². The Balaban J connectivity index is 1.45. The van der Waals surface area contributed by atoms with Gasteiger partial charge in [-0.1, -0.05) is 0 Å². The third-order valence-corrected chi connectivity index (χ3v) is 5.30. The Morgan fingerprint density at radius 1 is 1.29 bits per heavy atom. The summed E-state index contributed by atoms with van der Waals surface area (Å²) in [6.45, 7) is 6.26. The fourth-order valence-electron chi connectivity index (χ4n) is 3.83. The van der Waals surface area contributed by atoms with Gasteiger partial charge in [0.2, 0.25) is 5.95 Å². The van der Waals surface area contributed by atoms with Gasteiger partial charge in [0.25, 0.3) is 5.91 Å². The van der Waals surface area contributed by atoms with Crippen LogP contribution in [0.2, 0.25) is 0 Å². The molecule has 4 rings (SSSR count). The number of nitrogens with zero attached hydrogens (tertiary/aromatic N) is 4. The van der Waals surface area contributed by atoms with Gasteiger partial charge in [-0.15, -0.1) is 0 Å². The molecule has 4 heterocycles. The van der Waals surface area contributed by atoms with E-state index in [-0.39, 0.29) is 11.9 Å². The quantitative estimate of drug-likeness (QED) is 0.738. The van der Waals surface area contributed by atoms with Gasteiger partial charge in [-0.25, -0.2) is 9.97 Å². The minimum Gasteiger partial charge on any atom is -0.467 e. The Morgan fingerprint density at radius 3 is 2.86 bits per heavy atom. The first kappa shape index (κ1) is 18.3. The molecule has 1 unspecified atom stereocenters. The first-order valence-electron chi connectivity index (χ1n) is 9.64. The first-order chi connectivity index (χ1) is 13.6. The van der Waals surface area contributed by atoms with E-state index in [1.54, 1.807) is 18.7 Å². The van der Waals surface area contributed by atoms with Crippen LogP contribution in [0, 0.1) is 13.8 Å². The SMILES string of the molecule is Cc1cc(C(=O)NC2CCCN(c3ncccn3)C2)c(C)n1Cc1ccco1. The highest BCUT2D eigenvalue weighted by Gasteiger charge is 2.25. The summed E-state index contributed by atoms with van der Waals surface area (Å²) in [7, 11) is 0. The second kappa shape index (κ2) is 7.88. The number of hydrogen-bond donors (Lipinski definition) is 1. The number of rotatable bonds is 5.